The molecule has 0 amide bonds. The Labute approximate surface area is 96.4 Å². The zero-order chi connectivity index (χ0) is 12.0. The molecule has 2 rings (SSSR count). The van der Waals surface area contributed by atoms with Crippen molar-refractivity contribution in [3.8, 4) is 0 Å². The molecule has 1 aliphatic heterocycles. The van der Waals surface area contributed by atoms with E-state index in [-0.39, 0.29) is 17.1 Å². The molecule has 0 bridgehead atoms. The third kappa shape index (κ3) is 2.02. The molecule has 0 saturated carbocycles. The lowest BCUT2D eigenvalue weighted by Crippen LogP contribution is -2.32. The van der Waals surface area contributed by atoms with Crippen LogP contribution in [0, 0.1) is 5.92 Å². The van der Waals surface area contributed by atoms with E-state index >= 15 is 0 Å². The molecule has 0 aliphatic carbocycles. The lowest BCUT2D eigenvalue weighted by atomic mass is 9.82. The van der Waals surface area contributed by atoms with Crippen LogP contribution in [0.25, 0.3) is 0 Å². The smallest absolute Gasteiger partial charge is 0.132 e. The van der Waals surface area contributed by atoms with E-state index in [9.17, 15) is 5.11 Å². The molecule has 90 valence electrons. The SMILES string of the molecule is CC1(C)CC(C(O)c2ccco2)C(C)(C)O1. The quantitative estimate of drug-likeness (QED) is 0.840. The second-order valence-corrected chi connectivity index (χ2v) is 5.74. The Balaban J connectivity index is 2.22. The molecule has 2 atom stereocenters. The van der Waals surface area contributed by atoms with Crippen molar-refractivity contribution in [2.75, 3.05) is 0 Å². The largest absolute Gasteiger partial charge is 0.467 e. The van der Waals surface area contributed by atoms with Gasteiger partial charge in [0.2, 0.25) is 0 Å². The minimum atomic E-state index is -0.591. The summed E-state index contributed by atoms with van der Waals surface area (Å²) >= 11 is 0. The van der Waals surface area contributed by atoms with Gasteiger partial charge in [-0.25, -0.2) is 0 Å². The first-order valence-electron chi connectivity index (χ1n) is 5.73. The van der Waals surface area contributed by atoms with E-state index in [0.29, 0.717) is 5.76 Å². The predicted octanol–water partition coefficient (Wildman–Crippen LogP) is 2.91. The Hall–Kier alpha value is -0.800. The van der Waals surface area contributed by atoms with E-state index in [4.69, 9.17) is 9.15 Å². The highest BCUT2D eigenvalue weighted by molar-refractivity contribution is 5.08. The predicted molar refractivity (Wildman–Crippen MR) is 61.0 cm³/mol. The summed E-state index contributed by atoms with van der Waals surface area (Å²) in [4.78, 5) is 0. The van der Waals surface area contributed by atoms with Crippen LogP contribution in [0.15, 0.2) is 22.8 Å². The fourth-order valence-corrected chi connectivity index (χ4v) is 2.75. The van der Waals surface area contributed by atoms with Crippen LogP contribution in [0.2, 0.25) is 0 Å². The van der Waals surface area contributed by atoms with Crippen LogP contribution in [0.1, 0.15) is 46.0 Å². The van der Waals surface area contributed by atoms with E-state index in [2.05, 4.69) is 13.8 Å². The van der Waals surface area contributed by atoms with Gasteiger partial charge in [0.25, 0.3) is 0 Å². The highest BCUT2D eigenvalue weighted by Crippen LogP contribution is 2.47. The maximum absolute atomic E-state index is 10.3. The molecule has 0 aromatic carbocycles. The maximum Gasteiger partial charge on any atom is 0.132 e. The topological polar surface area (TPSA) is 42.6 Å². The van der Waals surface area contributed by atoms with Crippen LogP contribution in [-0.2, 0) is 4.74 Å². The zero-order valence-corrected chi connectivity index (χ0v) is 10.4. The summed E-state index contributed by atoms with van der Waals surface area (Å²) in [5.41, 5.74) is -0.503. The minimum absolute atomic E-state index is 0.0636. The van der Waals surface area contributed by atoms with E-state index < -0.39 is 6.10 Å². The number of hydrogen-bond donors (Lipinski definition) is 1. The van der Waals surface area contributed by atoms with Gasteiger partial charge < -0.3 is 14.3 Å². The Morgan fingerprint density at radius 3 is 2.50 bits per heavy atom. The molecule has 3 heteroatoms. The summed E-state index contributed by atoms with van der Waals surface area (Å²) in [6.07, 6.45) is 1.83. The second-order valence-electron chi connectivity index (χ2n) is 5.74. The molecule has 0 radical (unpaired) electrons. The van der Waals surface area contributed by atoms with E-state index in [1.165, 1.54) is 0 Å². The number of rotatable bonds is 2. The first-order valence-corrected chi connectivity index (χ1v) is 5.73. The molecule has 1 aliphatic rings. The van der Waals surface area contributed by atoms with Crippen LogP contribution in [0.4, 0.5) is 0 Å². The highest BCUT2D eigenvalue weighted by Gasteiger charge is 2.49. The van der Waals surface area contributed by atoms with Crippen molar-refractivity contribution in [1.82, 2.24) is 0 Å². The Morgan fingerprint density at radius 2 is 2.06 bits per heavy atom. The fraction of sp³-hybridized carbons (Fsp3) is 0.692. The lowest BCUT2D eigenvalue weighted by molar-refractivity contribution is -0.0899. The molecular formula is C13H20O3. The summed E-state index contributed by atoms with van der Waals surface area (Å²) in [5.74, 6) is 0.688. The monoisotopic (exact) mass is 224 g/mol. The van der Waals surface area contributed by atoms with Crippen LogP contribution >= 0.6 is 0 Å². The van der Waals surface area contributed by atoms with Gasteiger partial charge in [-0.05, 0) is 46.2 Å². The molecule has 1 N–H and O–H groups in total. The van der Waals surface area contributed by atoms with E-state index in [0.717, 1.165) is 6.42 Å². The molecule has 0 spiro atoms. The molecule has 1 saturated heterocycles. The molecule has 1 aromatic rings. The van der Waals surface area contributed by atoms with Crippen LogP contribution in [0.5, 0.6) is 0 Å². The number of aliphatic hydroxyl groups is 1. The van der Waals surface area contributed by atoms with Gasteiger partial charge in [0.05, 0.1) is 17.5 Å². The summed E-state index contributed by atoms with van der Waals surface area (Å²) < 4.78 is 11.2. The lowest BCUT2D eigenvalue weighted by Gasteiger charge is -2.29. The molecule has 3 nitrogen and oxygen atoms in total. The molecule has 2 unspecified atom stereocenters. The second kappa shape index (κ2) is 3.60. The Kier molecular flexibility index (Phi) is 2.63. The van der Waals surface area contributed by atoms with Crippen molar-refractivity contribution in [3.05, 3.63) is 24.2 Å². The van der Waals surface area contributed by atoms with Gasteiger partial charge in [-0.3, -0.25) is 0 Å². The number of hydrogen-bond acceptors (Lipinski definition) is 3. The third-order valence-corrected chi connectivity index (χ3v) is 3.36. The first kappa shape index (κ1) is 11.7. The van der Waals surface area contributed by atoms with Crippen molar-refractivity contribution >= 4 is 0 Å². The number of ether oxygens (including phenoxy) is 1. The van der Waals surface area contributed by atoms with Crippen LogP contribution < -0.4 is 0 Å². The number of furan rings is 1. The van der Waals surface area contributed by atoms with Gasteiger partial charge in [0.15, 0.2) is 0 Å². The molecule has 1 aromatic heterocycles. The highest BCUT2D eigenvalue weighted by atomic mass is 16.5. The van der Waals surface area contributed by atoms with Crippen molar-refractivity contribution in [1.29, 1.82) is 0 Å². The Bertz CT molecular complexity index is 351. The average Bonchev–Trinajstić information content (AvgIpc) is 2.69. The standard InChI is InChI=1S/C13H20O3/c1-12(2)8-9(13(3,4)16-12)11(14)10-6-5-7-15-10/h5-7,9,11,14H,8H2,1-4H3. The van der Waals surface area contributed by atoms with Crippen molar-refractivity contribution in [2.24, 2.45) is 5.92 Å². The zero-order valence-electron chi connectivity index (χ0n) is 10.4. The van der Waals surface area contributed by atoms with E-state index in [1.54, 1.807) is 12.3 Å². The molecule has 16 heavy (non-hydrogen) atoms. The van der Waals surface area contributed by atoms with Crippen LogP contribution in [-0.4, -0.2) is 16.3 Å². The van der Waals surface area contributed by atoms with Gasteiger partial charge in [-0.2, -0.15) is 0 Å². The van der Waals surface area contributed by atoms with Crippen molar-refractivity contribution in [2.45, 2.75) is 51.4 Å². The van der Waals surface area contributed by atoms with Gasteiger partial charge in [0.1, 0.15) is 11.9 Å². The van der Waals surface area contributed by atoms with E-state index in [1.807, 2.05) is 19.9 Å². The third-order valence-electron chi connectivity index (χ3n) is 3.36. The van der Waals surface area contributed by atoms with Crippen molar-refractivity contribution in [3.63, 3.8) is 0 Å². The summed E-state index contributed by atoms with van der Waals surface area (Å²) in [6, 6.07) is 3.61. The number of aliphatic hydroxyl groups excluding tert-OH is 1. The molecule has 2 heterocycles. The van der Waals surface area contributed by atoms with Gasteiger partial charge in [-0.15, -0.1) is 0 Å². The summed E-state index contributed by atoms with van der Waals surface area (Å²) in [6.45, 7) is 8.17. The average molecular weight is 224 g/mol. The summed E-state index contributed by atoms with van der Waals surface area (Å²) in [5, 5.41) is 10.3. The first-order chi connectivity index (χ1) is 7.32. The fourth-order valence-electron chi connectivity index (χ4n) is 2.75. The van der Waals surface area contributed by atoms with Gasteiger partial charge >= 0.3 is 0 Å². The van der Waals surface area contributed by atoms with Gasteiger partial charge in [0, 0.05) is 5.92 Å². The summed E-state index contributed by atoms with van der Waals surface area (Å²) in [7, 11) is 0. The molecule has 1 fully saturated rings. The van der Waals surface area contributed by atoms with Gasteiger partial charge in [-0.1, -0.05) is 0 Å². The van der Waals surface area contributed by atoms with Crippen LogP contribution in [0.3, 0.4) is 0 Å². The Morgan fingerprint density at radius 1 is 1.38 bits per heavy atom. The minimum Gasteiger partial charge on any atom is -0.467 e. The van der Waals surface area contributed by atoms with Crippen molar-refractivity contribution < 1.29 is 14.3 Å². The maximum atomic E-state index is 10.3. The molecular weight excluding hydrogens is 204 g/mol. The normalized spacial score (nSPS) is 29.2.